The van der Waals surface area contributed by atoms with Crippen LogP contribution in [0, 0.1) is 19.8 Å². The molecule has 2 N–H and O–H groups in total. The van der Waals surface area contributed by atoms with E-state index in [0.29, 0.717) is 18.8 Å². The van der Waals surface area contributed by atoms with Gasteiger partial charge in [-0.2, -0.15) is 5.10 Å². The molecule has 0 saturated heterocycles. The van der Waals surface area contributed by atoms with Gasteiger partial charge >= 0.3 is 0 Å². The van der Waals surface area contributed by atoms with Gasteiger partial charge in [-0.25, -0.2) is 0 Å². The second-order valence-corrected chi connectivity index (χ2v) is 5.13. The van der Waals surface area contributed by atoms with Crippen molar-refractivity contribution in [3.8, 4) is 5.75 Å². The van der Waals surface area contributed by atoms with Gasteiger partial charge in [0.25, 0.3) is 0 Å². The average Bonchev–Trinajstić information content (AvgIpc) is 2.78. The van der Waals surface area contributed by atoms with E-state index in [2.05, 4.69) is 15.5 Å². The second kappa shape index (κ2) is 5.00. The summed E-state index contributed by atoms with van der Waals surface area (Å²) >= 11 is 0. The van der Waals surface area contributed by atoms with E-state index in [1.807, 2.05) is 38.1 Å². The normalized spacial score (nSPS) is 17.2. The van der Waals surface area contributed by atoms with Crippen LogP contribution in [0.25, 0.3) is 0 Å². The third-order valence-electron chi connectivity index (χ3n) is 3.74. The molecule has 1 atom stereocenters. The smallest absolute Gasteiger partial charge is 0.232 e. The number of aryl methyl sites for hydroxylation is 1. The molecule has 0 bridgehead atoms. The number of aromatic amines is 1. The monoisotopic (exact) mass is 271 g/mol. The Labute approximate surface area is 117 Å². The van der Waals surface area contributed by atoms with Crippen LogP contribution in [0.1, 0.15) is 16.8 Å². The quantitative estimate of drug-likeness (QED) is 0.880. The van der Waals surface area contributed by atoms with Crippen molar-refractivity contribution in [1.82, 2.24) is 10.2 Å². The first kappa shape index (κ1) is 12.7. The highest BCUT2D eigenvalue weighted by molar-refractivity contribution is 5.92. The molecule has 1 amide bonds. The summed E-state index contributed by atoms with van der Waals surface area (Å²) in [5.74, 6) is 1.25. The minimum Gasteiger partial charge on any atom is -0.492 e. The van der Waals surface area contributed by atoms with Gasteiger partial charge in [0.15, 0.2) is 5.82 Å². The van der Waals surface area contributed by atoms with E-state index in [-0.39, 0.29) is 11.8 Å². The van der Waals surface area contributed by atoms with Crippen molar-refractivity contribution in [3.05, 3.63) is 41.1 Å². The number of rotatable bonds is 2. The lowest BCUT2D eigenvalue weighted by atomic mass is 9.96. The molecular formula is C15H17N3O2. The molecule has 2 aromatic rings. The molecule has 1 aliphatic rings. The number of hydrogen-bond donors (Lipinski definition) is 2. The van der Waals surface area contributed by atoms with Crippen molar-refractivity contribution in [1.29, 1.82) is 0 Å². The molecule has 0 saturated carbocycles. The Morgan fingerprint density at radius 1 is 1.40 bits per heavy atom. The number of fused-ring (bicyclic) bond motifs is 1. The molecule has 1 aliphatic heterocycles. The number of nitrogens with zero attached hydrogens (tertiary/aromatic N) is 1. The van der Waals surface area contributed by atoms with Gasteiger partial charge in [0.05, 0.1) is 5.92 Å². The zero-order valence-corrected chi connectivity index (χ0v) is 11.6. The van der Waals surface area contributed by atoms with Crippen LogP contribution in [0.4, 0.5) is 5.82 Å². The lowest BCUT2D eigenvalue weighted by Gasteiger charge is -2.24. The first-order valence-electron chi connectivity index (χ1n) is 6.68. The number of nitrogens with one attached hydrogen (secondary N) is 2. The summed E-state index contributed by atoms with van der Waals surface area (Å²) in [4.78, 5) is 12.3. The maximum atomic E-state index is 12.3. The van der Waals surface area contributed by atoms with Crippen molar-refractivity contribution in [2.45, 2.75) is 20.3 Å². The van der Waals surface area contributed by atoms with Crippen molar-refractivity contribution < 1.29 is 9.53 Å². The second-order valence-electron chi connectivity index (χ2n) is 5.13. The van der Waals surface area contributed by atoms with Crippen molar-refractivity contribution in [2.75, 3.05) is 11.9 Å². The number of benzene rings is 1. The van der Waals surface area contributed by atoms with Crippen molar-refractivity contribution in [2.24, 2.45) is 5.92 Å². The molecule has 1 aromatic carbocycles. The molecule has 3 rings (SSSR count). The van der Waals surface area contributed by atoms with Crippen molar-refractivity contribution >= 4 is 11.7 Å². The molecule has 1 aromatic heterocycles. The molecule has 104 valence electrons. The van der Waals surface area contributed by atoms with E-state index in [4.69, 9.17) is 4.74 Å². The number of anilines is 1. The van der Waals surface area contributed by atoms with E-state index in [1.165, 1.54) is 0 Å². The predicted molar refractivity (Wildman–Crippen MR) is 75.8 cm³/mol. The number of aromatic nitrogens is 2. The summed E-state index contributed by atoms with van der Waals surface area (Å²) in [6, 6.07) is 7.84. The number of carbonyl (C=O) groups excluding carboxylic acids is 1. The van der Waals surface area contributed by atoms with Gasteiger partial charge in [-0.3, -0.25) is 9.89 Å². The molecule has 0 aliphatic carbocycles. The SMILES string of the molecule is Cc1[nH]nc(NC(=O)C2COc3ccccc3C2)c1C. The number of ether oxygens (including phenoxy) is 1. The third-order valence-corrected chi connectivity index (χ3v) is 3.74. The zero-order chi connectivity index (χ0) is 14.1. The minimum absolute atomic E-state index is 0.0471. The maximum absolute atomic E-state index is 12.3. The van der Waals surface area contributed by atoms with Crippen molar-refractivity contribution in [3.63, 3.8) is 0 Å². The predicted octanol–water partition coefficient (Wildman–Crippen LogP) is 2.22. The molecule has 1 unspecified atom stereocenters. The van der Waals surface area contributed by atoms with Crippen LogP contribution >= 0.6 is 0 Å². The summed E-state index contributed by atoms with van der Waals surface area (Å²) < 4.78 is 5.64. The van der Waals surface area contributed by atoms with Gasteiger partial charge in [0.1, 0.15) is 12.4 Å². The van der Waals surface area contributed by atoms with E-state index in [0.717, 1.165) is 22.6 Å². The fourth-order valence-electron chi connectivity index (χ4n) is 2.32. The first-order chi connectivity index (χ1) is 9.65. The topological polar surface area (TPSA) is 67.0 Å². The van der Waals surface area contributed by atoms with Crippen LogP contribution in [-0.2, 0) is 11.2 Å². The Morgan fingerprint density at radius 3 is 2.95 bits per heavy atom. The Morgan fingerprint density at radius 2 is 2.20 bits per heavy atom. The zero-order valence-electron chi connectivity index (χ0n) is 11.6. The molecule has 5 heteroatoms. The fraction of sp³-hybridized carbons (Fsp3) is 0.333. The minimum atomic E-state index is -0.179. The van der Waals surface area contributed by atoms with Crippen LogP contribution in [0.2, 0.25) is 0 Å². The van der Waals surface area contributed by atoms with Crippen LogP contribution in [0.15, 0.2) is 24.3 Å². The molecule has 5 nitrogen and oxygen atoms in total. The maximum Gasteiger partial charge on any atom is 0.232 e. The number of amides is 1. The van der Waals surface area contributed by atoms with Gasteiger partial charge in [0, 0.05) is 11.3 Å². The standard InChI is InChI=1S/C15H17N3O2/c1-9-10(2)17-18-14(9)16-15(19)12-7-11-5-3-4-6-13(11)20-8-12/h3-6,12H,7-8H2,1-2H3,(H2,16,17,18,19). The summed E-state index contributed by atoms with van der Waals surface area (Å²) in [7, 11) is 0. The molecule has 0 radical (unpaired) electrons. The van der Waals surface area contributed by atoms with Gasteiger partial charge in [-0.05, 0) is 31.9 Å². The van der Waals surface area contributed by atoms with Gasteiger partial charge < -0.3 is 10.1 Å². The molecule has 0 fully saturated rings. The molecule has 20 heavy (non-hydrogen) atoms. The fourth-order valence-corrected chi connectivity index (χ4v) is 2.32. The summed E-state index contributed by atoms with van der Waals surface area (Å²) in [6.45, 7) is 4.27. The summed E-state index contributed by atoms with van der Waals surface area (Å²) in [5, 5.41) is 9.83. The Kier molecular flexibility index (Phi) is 3.18. The molecule has 0 spiro atoms. The summed E-state index contributed by atoms with van der Waals surface area (Å²) in [6.07, 6.45) is 0.699. The van der Waals surface area contributed by atoms with Gasteiger partial charge in [-0.1, -0.05) is 18.2 Å². The Hall–Kier alpha value is -2.30. The van der Waals surface area contributed by atoms with E-state index in [1.54, 1.807) is 0 Å². The average molecular weight is 271 g/mol. The Bertz CT molecular complexity index is 648. The lowest BCUT2D eigenvalue weighted by molar-refractivity contribution is -0.121. The summed E-state index contributed by atoms with van der Waals surface area (Å²) in [5.41, 5.74) is 3.01. The Balaban J connectivity index is 1.72. The van der Waals surface area contributed by atoms with E-state index < -0.39 is 0 Å². The van der Waals surface area contributed by atoms with Crippen LogP contribution < -0.4 is 10.1 Å². The first-order valence-corrected chi connectivity index (χ1v) is 6.68. The number of carbonyl (C=O) groups is 1. The highest BCUT2D eigenvalue weighted by atomic mass is 16.5. The van der Waals surface area contributed by atoms with Crippen LogP contribution in [0.3, 0.4) is 0 Å². The van der Waals surface area contributed by atoms with Crippen LogP contribution in [0.5, 0.6) is 5.75 Å². The number of para-hydroxylation sites is 1. The highest BCUT2D eigenvalue weighted by Crippen LogP contribution is 2.27. The molecule has 2 heterocycles. The molecular weight excluding hydrogens is 254 g/mol. The van der Waals surface area contributed by atoms with E-state index in [9.17, 15) is 4.79 Å². The largest absolute Gasteiger partial charge is 0.492 e. The third kappa shape index (κ3) is 2.27. The van der Waals surface area contributed by atoms with E-state index >= 15 is 0 Å². The van der Waals surface area contributed by atoms with Gasteiger partial charge in [-0.15, -0.1) is 0 Å². The highest BCUT2D eigenvalue weighted by Gasteiger charge is 2.26. The lowest BCUT2D eigenvalue weighted by Crippen LogP contribution is -2.32. The number of H-pyrrole nitrogens is 1. The van der Waals surface area contributed by atoms with Crippen LogP contribution in [-0.4, -0.2) is 22.7 Å². The van der Waals surface area contributed by atoms with Gasteiger partial charge in [0.2, 0.25) is 5.91 Å². The number of hydrogen-bond acceptors (Lipinski definition) is 3.